The minimum atomic E-state index is 0.168. The van der Waals surface area contributed by atoms with Gasteiger partial charge in [0.1, 0.15) is 0 Å². The van der Waals surface area contributed by atoms with Gasteiger partial charge in [0.15, 0.2) is 0 Å². The molecular formula is C17H35N3O. The van der Waals surface area contributed by atoms with Crippen LogP contribution in [0.5, 0.6) is 0 Å². The summed E-state index contributed by atoms with van der Waals surface area (Å²) in [7, 11) is 4.52. The fourth-order valence-corrected chi connectivity index (χ4v) is 4.02. The number of ether oxygens (including phenoxy) is 1. The molecule has 2 N–H and O–H groups in total. The van der Waals surface area contributed by atoms with Crippen molar-refractivity contribution >= 4 is 0 Å². The Labute approximate surface area is 131 Å². The molecule has 4 nitrogen and oxygen atoms in total. The van der Waals surface area contributed by atoms with Crippen molar-refractivity contribution in [3.05, 3.63) is 0 Å². The van der Waals surface area contributed by atoms with Gasteiger partial charge in [0, 0.05) is 25.2 Å². The molecule has 4 heteroatoms. The number of nitrogens with zero attached hydrogens (tertiary/aromatic N) is 2. The monoisotopic (exact) mass is 297 g/mol. The number of rotatable bonds is 6. The lowest BCUT2D eigenvalue weighted by Gasteiger charge is -2.48. The van der Waals surface area contributed by atoms with Crippen LogP contribution in [0, 0.1) is 5.92 Å². The summed E-state index contributed by atoms with van der Waals surface area (Å²) in [5.74, 6) is 0.835. The molecule has 0 aromatic heterocycles. The van der Waals surface area contributed by atoms with Crippen LogP contribution in [0.25, 0.3) is 0 Å². The Morgan fingerprint density at radius 3 is 2.67 bits per heavy atom. The first-order chi connectivity index (χ1) is 10.1. The van der Waals surface area contributed by atoms with Crippen molar-refractivity contribution in [2.45, 2.75) is 57.1 Å². The van der Waals surface area contributed by atoms with Crippen LogP contribution in [0.4, 0.5) is 0 Å². The van der Waals surface area contributed by atoms with Crippen LogP contribution in [0.2, 0.25) is 0 Å². The van der Waals surface area contributed by atoms with E-state index in [0.717, 1.165) is 31.9 Å². The Balaban J connectivity index is 1.92. The highest BCUT2D eigenvalue weighted by molar-refractivity contribution is 4.96. The molecule has 2 atom stereocenters. The van der Waals surface area contributed by atoms with Crippen molar-refractivity contribution in [2.75, 3.05) is 46.9 Å². The molecule has 2 fully saturated rings. The molecule has 0 aromatic rings. The summed E-state index contributed by atoms with van der Waals surface area (Å²) in [6.07, 6.45) is 7.64. The van der Waals surface area contributed by atoms with Crippen LogP contribution in [-0.2, 0) is 4.74 Å². The second-order valence-electron chi connectivity index (χ2n) is 7.29. The molecule has 2 unspecified atom stereocenters. The molecule has 0 radical (unpaired) electrons. The predicted octanol–water partition coefficient (Wildman–Crippen LogP) is 1.94. The van der Waals surface area contributed by atoms with E-state index >= 15 is 0 Å². The molecule has 0 amide bonds. The number of piperidine rings is 1. The highest BCUT2D eigenvalue weighted by atomic mass is 16.5. The highest BCUT2D eigenvalue weighted by Crippen LogP contribution is 2.32. The van der Waals surface area contributed by atoms with Crippen molar-refractivity contribution in [3.63, 3.8) is 0 Å². The van der Waals surface area contributed by atoms with E-state index in [0.29, 0.717) is 6.10 Å². The summed E-state index contributed by atoms with van der Waals surface area (Å²) in [6.45, 7) is 7.57. The number of nitrogens with two attached hydrogens (primary N) is 1. The fraction of sp³-hybridized carbons (Fsp3) is 1.00. The lowest BCUT2D eigenvalue weighted by molar-refractivity contribution is -0.0713. The van der Waals surface area contributed by atoms with Crippen LogP contribution >= 0.6 is 0 Å². The first-order valence-electron chi connectivity index (χ1n) is 8.81. The summed E-state index contributed by atoms with van der Waals surface area (Å²) < 4.78 is 5.94. The smallest absolute Gasteiger partial charge is 0.0593 e. The Hall–Kier alpha value is -0.160. The summed E-state index contributed by atoms with van der Waals surface area (Å²) in [5, 5.41) is 0. The van der Waals surface area contributed by atoms with Gasteiger partial charge in [-0.3, -0.25) is 4.90 Å². The molecule has 0 aliphatic carbocycles. The largest absolute Gasteiger partial charge is 0.378 e. The van der Waals surface area contributed by atoms with Crippen LogP contribution in [0.15, 0.2) is 0 Å². The maximum Gasteiger partial charge on any atom is 0.0593 e. The van der Waals surface area contributed by atoms with Gasteiger partial charge in [0.05, 0.1) is 6.10 Å². The molecule has 124 valence electrons. The average Bonchev–Trinajstić information content (AvgIpc) is 2.50. The van der Waals surface area contributed by atoms with Gasteiger partial charge < -0.3 is 15.4 Å². The second-order valence-corrected chi connectivity index (χ2v) is 7.29. The molecule has 0 aromatic carbocycles. The van der Waals surface area contributed by atoms with E-state index in [-0.39, 0.29) is 5.54 Å². The van der Waals surface area contributed by atoms with E-state index < -0.39 is 0 Å². The molecule has 2 aliphatic heterocycles. The Kier molecular flexibility index (Phi) is 6.48. The Morgan fingerprint density at radius 2 is 2.05 bits per heavy atom. The topological polar surface area (TPSA) is 41.7 Å². The normalized spacial score (nSPS) is 32.7. The predicted molar refractivity (Wildman–Crippen MR) is 88.5 cm³/mol. The van der Waals surface area contributed by atoms with Gasteiger partial charge in [-0.05, 0) is 65.2 Å². The number of likely N-dealkylation sites (tertiary alicyclic amines) is 1. The molecule has 21 heavy (non-hydrogen) atoms. The van der Waals surface area contributed by atoms with E-state index in [1.54, 1.807) is 0 Å². The maximum absolute atomic E-state index is 6.22. The number of hydrogen-bond acceptors (Lipinski definition) is 4. The van der Waals surface area contributed by atoms with E-state index in [2.05, 4.69) is 30.8 Å². The molecule has 0 saturated carbocycles. The zero-order chi connectivity index (χ0) is 15.3. The average molecular weight is 297 g/mol. The lowest BCUT2D eigenvalue weighted by Crippen LogP contribution is -2.58. The third-order valence-electron chi connectivity index (χ3n) is 5.70. The van der Waals surface area contributed by atoms with E-state index in [4.69, 9.17) is 10.5 Å². The van der Waals surface area contributed by atoms with Crippen LogP contribution in [-0.4, -0.2) is 68.3 Å². The van der Waals surface area contributed by atoms with E-state index in [1.807, 2.05) is 0 Å². The zero-order valence-corrected chi connectivity index (χ0v) is 14.3. The summed E-state index contributed by atoms with van der Waals surface area (Å²) in [6, 6.07) is 0. The molecular weight excluding hydrogens is 262 g/mol. The lowest BCUT2D eigenvalue weighted by atomic mass is 9.82. The molecule has 0 bridgehead atoms. The SMILES string of the molecule is CCCC1CC(CN)(N(C)CC2CCN(C)CC2)CCO1. The molecule has 0 spiro atoms. The minimum Gasteiger partial charge on any atom is -0.378 e. The van der Waals surface area contributed by atoms with Crippen LogP contribution in [0.3, 0.4) is 0 Å². The first kappa shape index (κ1) is 17.2. The quantitative estimate of drug-likeness (QED) is 0.813. The number of likely N-dealkylation sites (N-methyl/N-ethyl adjacent to an activating group) is 1. The minimum absolute atomic E-state index is 0.168. The molecule has 2 aliphatic rings. The van der Waals surface area contributed by atoms with E-state index in [1.165, 1.54) is 45.3 Å². The van der Waals surface area contributed by atoms with Gasteiger partial charge in [-0.1, -0.05) is 13.3 Å². The number of hydrogen-bond donors (Lipinski definition) is 1. The summed E-state index contributed by atoms with van der Waals surface area (Å²) >= 11 is 0. The van der Waals surface area contributed by atoms with Gasteiger partial charge >= 0.3 is 0 Å². The van der Waals surface area contributed by atoms with Gasteiger partial charge in [-0.25, -0.2) is 0 Å². The van der Waals surface area contributed by atoms with Gasteiger partial charge in [-0.2, -0.15) is 0 Å². The molecule has 2 rings (SSSR count). The molecule has 2 heterocycles. The van der Waals surface area contributed by atoms with E-state index in [9.17, 15) is 0 Å². The second kappa shape index (κ2) is 7.91. The van der Waals surface area contributed by atoms with Gasteiger partial charge in [0.2, 0.25) is 0 Å². The van der Waals surface area contributed by atoms with Gasteiger partial charge in [0.25, 0.3) is 0 Å². The summed E-state index contributed by atoms with van der Waals surface area (Å²) in [4.78, 5) is 5.02. The third kappa shape index (κ3) is 4.41. The summed E-state index contributed by atoms with van der Waals surface area (Å²) in [5.41, 5.74) is 6.39. The standard InChI is InChI=1S/C17H35N3O/c1-4-5-16-12-17(14-18,8-11-21-16)20(3)13-15-6-9-19(2)10-7-15/h15-16H,4-14,18H2,1-3H3. The van der Waals surface area contributed by atoms with Crippen LogP contribution in [0.1, 0.15) is 45.4 Å². The first-order valence-corrected chi connectivity index (χ1v) is 8.81. The van der Waals surface area contributed by atoms with Crippen molar-refractivity contribution < 1.29 is 4.74 Å². The molecule has 2 saturated heterocycles. The van der Waals surface area contributed by atoms with Crippen molar-refractivity contribution in [2.24, 2.45) is 11.7 Å². The third-order valence-corrected chi connectivity index (χ3v) is 5.70. The van der Waals surface area contributed by atoms with Crippen molar-refractivity contribution in [1.29, 1.82) is 0 Å². The van der Waals surface area contributed by atoms with Crippen molar-refractivity contribution in [3.8, 4) is 0 Å². The maximum atomic E-state index is 6.22. The fourth-order valence-electron chi connectivity index (χ4n) is 4.02. The highest BCUT2D eigenvalue weighted by Gasteiger charge is 2.39. The van der Waals surface area contributed by atoms with Crippen LogP contribution < -0.4 is 5.73 Å². The zero-order valence-electron chi connectivity index (χ0n) is 14.3. The van der Waals surface area contributed by atoms with Crippen molar-refractivity contribution in [1.82, 2.24) is 9.80 Å². The van der Waals surface area contributed by atoms with Gasteiger partial charge in [-0.15, -0.1) is 0 Å². The Morgan fingerprint density at radius 1 is 1.33 bits per heavy atom. The Bertz CT molecular complexity index is 302.